The monoisotopic (exact) mass is 335 g/mol. The van der Waals surface area contributed by atoms with Crippen LogP contribution in [0.25, 0.3) is 10.9 Å². The van der Waals surface area contributed by atoms with E-state index in [1.807, 2.05) is 31.2 Å². The van der Waals surface area contributed by atoms with Crippen LogP contribution < -0.4 is 10.3 Å². The molecule has 0 aliphatic rings. The van der Waals surface area contributed by atoms with Crippen molar-refractivity contribution < 1.29 is 14.5 Å². The summed E-state index contributed by atoms with van der Waals surface area (Å²) < 4.78 is 5.22. The number of aromatic amines is 1. The van der Waals surface area contributed by atoms with Crippen LogP contribution in [-0.2, 0) is 11.3 Å². The summed E-state index contributed by atoms with van der Waals surface area (Å²) in [6.45, 7) is 6.96. The van der Waals surface area contributed by atoms with Gasteiger partial charge in [0.05, 0.1) is 17.7 Å². The molecule has 0 aliphatic heterocycles. The number of anilines is 1. The van der Waals surface area contributed by atoms with Gasteiger partial charge in [-0.05, 0) is 38.0 Å². The third kappa shape index (κ3) is 3.48. The minimum absolute atomic E-state index is 0.325. The van der Waals surface area contributed by atoms with Crippen molar-refractivity contribution in [3.05, 3.63) is 70.9 Å². The van der Waals surface area contributed by atoms with E-state index in [1.165, 1.54) is 11.1 Å². The quantitative estimate of drug-likeness (QED) is 0.715. The number of carbonyl (C=O) groups excluding carboxylic acids is 1. The van der Waals surface area contributed by atoms with Crippen LogP contribution in [-0.4, -0.2) is 12.6 Å². The number of rotatable bonds is 5. The number of aromatic nitrogens is 1. The van der Waals surface area contributed by atoms with E-state index in [-0.39, 0.29) is 5.97 Å². The van der Waals surface area contributed by atoms with Gasteiger partial charge in [0.15, 0.2) is 6.20 Å². The molecule has 0 atom stereocenters. The molecule has 0 radical (unpaired) electrons. The Bertz CT molecular complexity index is 905. The summed E-state index contributed by atoms with van der Waals surface area (Å²) in [4.78, 5) is 15.7. The molecule has 4 heteroatoms. The zero-order chi connectivity index (χ0) is 17.8. The Morgan fingerprint density at radius 1 is 1.12 bits per heavy atom. The van der Waals surface area contributed by atoms with Crippen LogP contribution in [0.1, 0.15) is 34.0 Å². The minimum atomic E-state index is -0.325. The first-order valence-electron chi connectivity index (χ1n) is 8.51. The molecule has 2 N–H and O–H groups in total. The van der Waals surface area contributed by atoms with Gasteiger partial charge in [0.25, 0.3) is 0 Å². The Balaban J connectivity index is 2.08. The fourth-order valence-electron chi connectivity index (χ4n) is 2.92. The SMILES string of the molecule is CCOC(=O)c1c[nH+]c2c(C)c(C)ccc2c1NCc1ccccc1. The van der Waals surface area contributed by atoms with Gasteiger partial charge in [0.2, 0.25) is 5.52 Å². The highest BCUT2D eigenvalue weighted by atomic mass is 16.5. The van der Waals surface area contributed by atoms with Crippen LogP contribution in [0.5, 0.6) is 0 Å². The van der Waals surface area contributed by atoms with E-state index < -0.39 is 0 Å². The van der Waals surface area contributed by atoms with Crippen LogP contribution >= 0.6 is 0 Å². The maximum atomic E-state index is 12.4. The molecule has 0 fully saturated rings. The highest BCUT2D eigenvalue weighted by molar-refractivity contribution is 6.04. The van der Waals surface area contributed by atoms with Crippen LogP contribution in [0.3, 0.4) is 0 Å². The van der Waals surface area contributed by atoms with Crippen molar-refractivity contribution in [2.24, 2.45) is 0 Å². The predicted octanol–water partition coefficient (Wildman–Crippen LogP) is 4.06. The number of hydrogen-bond donors (Lipinski definition) is 1. The van der Waals surface area contributed by atoms with Crippen molar-refractivity contribution in [2.45, 2.75) is 27.3 Å². The average molecular weight is 335 g/mol. The summed E-state index contributed by atoms with van der Waals surface area (Å²) in [6, 6.07) is 14.2. The third-order valence-electron chi connectivity index (χ3n) is 4.44. The first-order valence-corrected chi connectivity index (χ1v) is 8.51. The molecule has 0 saturated carbocycles. The smallest absolute Gasteiger partial charge is 0.346 e. The maximum Gasteiger partial charge on any atom is 0.346 e. The summed E-state index contributed by atoms with van der Waals surface area (Å²) >= 11 is 0. The predicted molar refractivity (Wildman–Crippen MR) is 99.7 cm³/mol. The molecule has 1 aromatic heterocycles. The number of ether oxygens (including phenoxy) is 1. The van der Waals surface area contributed by atoms with Gasteiger partial charge in [0, 0.05) is 12.1 Å². The zero-order valence-corrected chi connectivity index (χ0v) is 14.8. The van der Waals surface area contributed by atoms with Crippen LogP contribution in [0.2, 0.25) is 0 Å². The lowest BCUT2D eigenvalue weighted by molar-refractivity contribution is -0.345. The molecule has 3 rings (SSSR count). The number of hydrogen-bond acceptors (Lipinski definition) is 3. The summed E-state index contributed by atoms with van der Waals surface area (Å²) in [5.41, 5.74) is 5.90. The van der Waals surface area contributed by atoms with Gasteiger partial charge in [-0.25, -0.2) is 9.78 Å². The largest absolute Gasteiger partial charge is 0.462 e. The molecule has 0 aliphatic carbocycles. The summed E-state index contributed by atoms with van der Waals surface area (Å²) in [6.07, 6.45) is 1.74. The summed E-state index contributed by atoms with van der Waals surface area (Å²) in [7, 11) is 0. The van der Waals surface area contributed by atoms with Crippen LogP contribution in [0.15, 0.2) is 48.7 Å². The minimum Gasteiger partial charge on any atom is -0.462 e. The molecular formula is C21H23N2O2+. The van der Waals surface area contributed by atoms with Gasteiger partial charge < -0.3 is 10.1 Å². The van der Waals surface area contributed by atoms with E-state index in [0.29, 0.717) is 18.7 Å². The van der Waals surface area contributed by atoms with Gasteiger partial charge in [-0.1, -0.05) is 36.4 Å². The van der Waals surface area contributed by atoms with E-state index in [9.17, 15) is 4.79 Å². The molecule has 3 aromatic rings. The number of fused-ring (bicyclic) bond motifs is 1. The molecule has 4 nitrogen and oxygen atoms in total. The fourth-order valence-corrected chi connectivity index (χ4v) is 2.92. The average Bonchev–Trinajstić information content (AvgIpc) is 2.63. The molecule has 2 aromatic carbocycles. The molecule has 0 saturated heterocycles. The fraction of sp³-hybridized carbons (Fsp3) is 0.238. The number of esters is 1. The highest BCUT2D eigenvalue weighted by Crippen LogP contribution is 2.28. The van der Waals surface area contributed by atoms with Crippen molar-refractivity contribution >= 4 is 22.6 Å². The lowest BCUT2D eigenvalue weighted by Gasteiger charge is -2.13. The highest BCUT2D eigenvalue weighted by Gasteiger charge is 2.21. The molecule has 0 unspecified atom stereocenters. The summed E-state index contributed by atoms with van der Waals surface area (Å²) in [5.74, 6) is -0.325. The summed E-state index contributed by atoms with van der Waals surface area (Å²) in [5, 5.41) is 4.43. The van der Waals surface area contributed by atoms with Crippen molar-refractivity contribution in [2.75, 3.05) is 11.9 Å². The topological polar surface area (TPSA) is 52.5 Å². The number of H-pyrrole nitrogens is 1. The normalized spacial score (nSPS) is 10.7. The van der Waals surface area contributed by atoms with Crippen molar-refractivity contribution in [3.63, 3.8) is 0 Å². The van der Waals surface area contributed by atoms with E-state index in [0.717, 1.165) is 22.2 Å². The Morgan fingerprint density at radius 3 is 2.60 bits per heavy atom. The molecular weight excluding hydrogens is 312 g/mol. The van der Waals surface area contributed by atoms with Crippen LogP contribution in [0, 0.1) is 13.8 Å². The lowest BCUT2D eigenvalue weighted by atomic mass is 10.0. The molecule has 0 amide bonds. The maximum absolute atomic E-state index is 12.4. The lowest BCUT2D eigenvalue weighted by Crippen LogP contribution is -2.17. The van der Waals surface area contributed by atoms with Gasteiger partial charge in [0.1, 0.15) is 5.56 Å². The Morgan fingerprint density at radius 2 is 1.88 bits per heavy atom. The first kappa shape index (κ1) is 17.0. The Labute approximate surface area is 147 Å². The van der Waals surface area contributed by atoms with Gasteiger partial charge in [-0.2, -0.15) is 0 Å². The molecule has 128 valence electrons. The molecule has 1 heterocycles. The number of benzene rings is 2. The second-order valence-electron chi connectivity index (χ2n) is 6.07. The molecule has 0 bridgehead atoms. The number of carbonyl (C=O) groups is 1. The first-order chi connectivity index (χ1) is 12.1. The van der Waals surface area contributed by atoms with Crippen molar-refractivity contribution in [1.82, 2.24) is 0 Å². The van der Waals surface area contributed by atoms with Crippen LogP contribution in [0.4, 0.5) is 5.69 Å². The molecule has 0 spiro atoms. The van der Waals surface area contributed by atoms with E-state index in [2.05, 4.69) is 42.3 Å². The zero-order valence-electron chi connectivity index (χ0n) is 14.8. The standard InChI is InChI=1S/C21H22N2O2/c1-4-25-21(24)18-13-23-19-15(3)14(2)10-11-17(19)20(18)22-12-16-8-6-5-7-9-16/h5-11,13H,4,12H2,1-3H3,(H,22,23)/p+1. The second kappa shape index (κ2) is 7.34. The number of aryl methyl sites for hydroxylation is 2. The number of pyridine rings is 1. The van der Waals surface area contributed by atoms with E-state index in [1.54, 1.807) is 6.20 Å². The third-order valence-corrected chi connectivity index (χ3v) is 4.44. The van der Waals surface area contributed by atoms with E-state index >= 15 is 0 Å². The number of nitrogens with one attached hydrogen (secondary N) is 2. The Hall–Kier alpha value is -2.88. The molecule has 25 heavy (non-hydrogen) atoms. The van der Waals surface area contributed by atoms with E-state index in [4.69, 9.17) is 4.74 Å². The second-order valence-corrected chi connectivity index (χ2v) is 6.07. The van der Waals surface area contributed by atoms with Crippen molar-refractivity contribution in [3.8, 4) is 0 Å². The van der Waals surface area contributed by atoms with Crippen molar-refractivity contribution in [1.29, 1.82) is 0 Å². The van der Waals surface area contributed by atoms with Gasteiger partial charge >= 0.3 is 5.97 Å². The van der Waals surface area contributed by atoms with Gasteiger partial charge in [-0.3, -0.25) is 0 Å². The van der Waals surface area contributed by atoms with Gasteiger partial charge in [-0.15, -0.1) is 0 Å². The Kier molecular flexibility index (Phi) is 4.98.